The summed E-state index contributed by atoms with van der Waals surface area (Å²) in [6, 6.07) is 18.1. The van der Waals surface area contributed by atoms with Crippen molar-refractivity contribution in [3.8, 4) is 34.4 Å². The lowest BCUT2D eigenvalue weighted by molar-refractivity contribution is -0.131. The summed E-state index contributed by atoms with van der Waals surface area (Å²) in [5.74, 6) is 1.70. The molecule has 11 heteroatoms. The molecule has 1 N–H and O–H groups in total. The fourth-order valence-corrected chi connectivity index (χ4v) is 5.03. The van der Waals surface area contributed by atoms with Crippen LogP contribution in [0.3, 0.4) is 0 Å². The van der Waals surface area contributed by atoms with Crippen molar-refractivity contribution in [2.45, 2.75) is 32.2 Å². The number of carboxylic acids is 1. The Bertz CT molecular complexity index is 1530. The zero-order valence-corrected chi connectivity index (χ0v) is 24.7. The second-order valence-corrected chi connectivity index (χ2v) is 10.0. The molecule has 4 rings (SSSR count). The molecule has 214 valence electrons. The molecular weight excluding hydrogens is 566 g/mol. The average Bonchev–Trinajstić information content (AvgIpc) is 3.39. The van der Waals surface area contributed by atoms with Crippen LogP contribution < -0.4 is 18.9 Å². The van der Waals surface area contributed by atoms with Crippen LogP contribution in [0.5, 0.6) is 23.0 Å². The van der Waals surface area contributed by atoms with E-state index in [9.17, 15) is 9.90 Å². The highest BCUT2D eigenvalue weighted by atomic mass is 35.5. The highest BCUT2D eigenvalue weighted by Crippen LogP contribution is 2.35. The van der Waals surface area contributed by atoms with Gasteiger partial charge in [-0.3, -0.25) is 0 Å². The molecule has 1 heterocycles. The first kappa shape index (κ1) is 29.8. The number of benzene rings is 3. The van der Waals surface area contributed by atoms with Crippen LogP contribution in [0.15, 0.2) is 70.7 Å². The van der Waals surface area contributed by atoms with Gasteiger partial charge in [-0.2, -0.15) is 0 Å². The van der Waals surface area contributed by atoms with E-state index >= 15 is 0 Å². The Morgan fingerprint density at radius 3 is 2.34 bits per heavy atom. The van der Waals surface area contributed by atoms with Gasteiger partial charge >= 0.3 is 5.97 Å². The maximum atomic E-state index is 12.3. The van der Waals surface area contributed by atoms with Crippen molar-refractivity contribution in [1.82, 2.24) is 14.8 Å². The number of hydrogen-bond acceptors (Lipinski definition) is 8. The molecule has 3 aromatic carbocycles. The summed E-state index contributed by atoms with van der Waals surface area (Å²) in [6.07, 6.45) is 1.57. The molecule has 1 aromatic heterocycles. The van der Waals surface area contributed by atoms with Crippen LogP contribution in [0, 0.1) is 0 Å². The van der Waals surface area contributed by atoms with Crippen molar-refractivity contribution in [3.63, 3.8) is 0 Å². The monoisotopic (exact) mass is 595 g/mol. The van der Waals surface area contributed by atoms with Gasteiger partial charge in [0.1, 0.15) is 23.0 Å². The highest BCUT2D eigenvalue weighted by Gasteiger charge is 2.20. The molecule has 0 bridgehead atoms. The van der Waals surface area contributed by atoms with E-state index in [1.54, 1.807) is 50.6 Å². The van der Waals surface area contributed by atoms with E-state index in [1.807, 2.05) is 48.7 Å². The molecule has 0 aliphatic heterocycles. The van der Waals surface area contributed by atoms with Gasteiger partial charge in [0.15, 0.2) is 22.5 Å². The van der Waals surface area contributed by atoms with Gasteiger partial charge in [0, 0.05) is 28.8 Å². The summed E-state index contributed by atoms with van der Waals surface area (Å²) < 4.78 is 24.4. The molecule has 0 saturated heterocycles. The van der Waals surface area contributed by atoms with E-state index < -0.39 is 5.97 Å². The lowest BCUT2D eigenvalue weighted by atomic mass is 10.2. The van der Waals surface area contributed by atoms with Crippen LogP contribution in [0.4, 0.5) is 0 Å². The van der Waals surface area contributed by atoms with Crippen molar-refractivity contribution < 1.29 is 28.8 Å². The maximum Gasteiger partial charge on any atom is 0.342 e. The van der Waals surface area contributed by atoms with Crippen molar-refractivity contribution in [3.05, 3.63) is 81.7 Å². The number of nitrogens with zero attached hydrogens (tertiary/aromatic N) is 3. The molecule has 0 spiro atoms. The number of rotatable bonds is 13. The maximum absolute atomic E-state index is 12.3. The van der Waals surface area contributed by atoms with Gasteiger partial charge in [0.2, 0.25) is 0 Å². The minimum Gasteiger partial charge on any atom is -0.497 e. The third kappa shape index (κ3) is 7.33. The van der Waals surface area contributed by atoms with Crippen LogP contribution in [-0.4, -0.2) is 46.7 Å². The number of carboxylic acid groups (broad SMARTS) is 1. The van der Waals surface area contributed by atoms with Gasteiger partial charge in [-0.05, 0) is 67.6 Å². The lowest BCUT2D eigenvalue weighted by Crippen LogP contribution is -2.03. The van der Waals surface area contributed by atoms with Gasteiger partial charge in [-0.25, -0.2) is 4.79 Å². The molecule has 9 nitrogen and oxygen atoms in total. The Morgan fingerprint density at radius 2 is 1.71 bits per heavy atom. The third-order valence-electron chi connectivity index (χ3n) is 5.96. The summed E-state index contributed by atoms with van der Waals surface area (Å²) in [7, 11) is 3.14. The largest absolute Gasteiger partial charge is 0.497 e. The Labute approximate surface area is 247 Å². The van der Waals surface area contributed by atoms with Gasteiger partial charge < -0.3 is 28.6 Å². The number of hydrogen-bond donors (Lipinski definition) is 1. The normalized spacial score (nSPS) is 11.3. The van der Waals surface area contributed by atoms with Gasteiger partial charge in [-0.15, -0.1) is 10.2 Å². The molecule has 0 aliphatic rings. The topological polar surface area (TPSA) is 105 Å². The lowest BCUT2D eigenvalue weighted by Gasteiger charge is -2.13. The van der Waals surface area contributed by atoms with Crippen LogP contribution in [-0.2, 0) is 17.9 Å². The van der Waals surface area contributed by atoms with E-state index in [0.29, 0.717) is 57.7 Å². The number of aliphatic carboxylic acids is 1. The number of methoxy groups -OCH3 is 2. The van der Waals surface area contributed by atoms with Crippen molar-refractivity contribution >= 4 is 35.4 Å². The molecule has 0 saturated carbocycles. The standard InChI is InChI=1S/C30H30ClN3O6S/c1-5-34-28(21-15-22(37-3)17-23(16-21)38-4)32-33-30(34)41-27(29(35)36)14-19-11-12-25(26(13-19)39-6-2)40-18-20-9-7-8-10-24(20)31/h7-17H,5-6,18H2,1-4H3,(H,35,36)/b27-14-. The Hall–Kier alpha value is -4.15. The number of aromatic nitrogens is 3. The van der Waals surface area contributed by atoms with Crippen LogP contribution in [0.25, 0.3) is 17.5 Å². The average molecular weight is 596 g/mol. The molecule has 0 fully saturated rings. The van der Waals surface area contributed by atoms with Gasteiger partial charge in [0.25, 0.3) is 0 Å². The van der Waals surface area contributed by atoms with Crippen molar-refractivity contribution in [1.29, 1.82) is 0 Å². The van der Waals surface area contributed by atoms with Crippen molar-refractivity contribution in [2.24, 2.45) is 0 Å². The van der Waals surface area contributed by atoms with Gasteiger partial charge in [-0.1, -0.05) is 35.9 Å². The predicted molar refractivity (Wildman–Crippen MR) is 159 cm³/mol. The first-order valence-electron chi connectivity index (χ1n) is 12.8. The van der Waals surface area contributed by atoms with E-state index in [0.717, 1.165) is 22.9 Å². The fourth-order valence-electron chi connectivity index (χ4n) is 3.96. The number of carbonyl (C=O) groups is 1. The molecule has 0 unspecified atom stereocenters. The summed E-state index contributed by atoms with van der Waals surface area (Å²) in [4.78, 5) is 12.3. The van der Waals surface area contributed by atoms with E-state index in [1.165, 1.54) is 0 Å². The molecule has 0 aliphatic carbocycles. The number of halogens is 1. The zero-order valence-electron chi connectivity index (χ0n) is 23.1. The van der Waals surface area contributed by atoms with Gasteiger partial charge in [0.05, 0.1) is 20.8 Å². The molecule has 41 heavy (non-hydrogen) atoms. The van der Waals surface area contributed by atoms with E-state index in [-0.39, 0.29) is 11.5 Å². The smallest absolute Gasteiger partial charge is 0.342 e. The Morgan fingerprint density at radius 1 is 0.976 bits per heavy atom. The predicted octanol–water partition coefficient (Wildman–Crippen LogP) is 6.83. The molecule has 0 radical (unpaired) electrons. The minimum absolute atomic E-state index is 0.0639. The Balaban J connectivity index is 1.62. The highest BCUT2D eigenvalue weighted by molar-refractivity contribution is 8.04. The molecule has 0 atom stereocenters. The van der Waals surface area contributed by atoms with Crippen molar-refractivity contribution in [2.75, 3.05) is 20.8 Å². The second kappa shape index (κ2) is 14.0. The minimum atomic E-state index is -1.10. The summed E-state index contributed by atoms with van der Waals surface area (Å²) >= 11 is 7.27. The third-order valence-corrected chi connectivity index (χ3v) is 7.33. The van der Waals surface area contributed by atoms with E-state index in [2.05, 4.69) is 10.2 Å². The van der Waals surface area contributed by atoms with Crippen LogP contribution in [0.1, 0.15) is 25.0 Å². The summed E-state index contributed by atoms with van der Waals surface area (Å²) in [5.41, 5.74) is 2.21. The second-order valence-electron chi connectivity index (χ2n) is 8.59. The first-order valence-corrected chi connectivity index (χ1v) is 14.0. The quantitative estimate of drug-likeness (QED) is 0.131. The van der Waals surface area contributed by atoms with Crippen LogP contribution >= 0.6 is 23.4 Å². The summed E-state index contributed by atoms with van der Waals surface area (Å²) in [5, 5.41) is 19.7. The molecule has 0 amide bonds. The fraction of sp³-hybridized carbons (Fsp3) is 0.233. The Kier molecular flexibility index (Phi) is 10.2. The number of thioether (sulfide) groups is 1. The molecule has 4 aromatic rings. The van der Waals surface area contributed by atoms with E-state index in [4.69, 9.17) is 30.5 Å². The number of ether oxygens (including phenoxy) is 4. The zero-order chi connectivity index (χ0) is 29.4. The van der Waals surface area contributed by atoms with Crippen LogP contribution in [0.2, 0.25) is 5.02 Å². The molecular formula is C30H30ClN3O6S. The summed E-state index contributed by atoms with van der Waals surface area (Å²) in [6.45, 7) is 5.00. The first-order chi connectivity index (χ1) is 19.9. The SMILES string of the molecule is CCOc1cc(/C=C(\Sc2nnc(-c3cc(OC)cc(OC)c3)n2CC)C(=O)O)ccc1OCc1ccccc1Cl.